The summed E-state index contributed by atoms with van der Waals surface area (Å²) in [6.45, 7) is 10.4. The molecule has 4 rings (SSSR count). The highest BCUT2D eigenvalue weighted by Crippen LogP contribution is 2.31. The molecule has 4 aromatic rings. The third kappa shape index (κ3) is 7.51. The number of carbonyl (C=O) groups excluding carboxylic acids is 2. The number of hydrogen-bond acceptors (Lipinski definition) is 13. The van der Waals surface area contributed by atoms with Crippen molar-refractivity contribution in [3.63, 3.8) is 0 Å². The van der Waals surface area contributed by atoms with Crippen LogP contribution in [0.4, 0.5) is 4.79 Å². The van der Waals surface area contributed by atoms with Crippen molar-refractivity contribution in [2.24, 2.45) is 0 Å². The summed E-state index contributed by atoms with van der Waals surface area (Å²) in [6, 6.07) is -1.03. The molecule has 2 N–H and O–H groups in total. The molecule has 0 bridgehead atoms. The fourth-order valence-corrected chi connectivity index (χ4v) is 4.72. The molecular weight excluding hydrogens is 562 g/mol. The molecule has 0 spiro atoms. The minimum absolute atomic E-state index is 0.0662. The van der Waals surface area contributed by atoms with Crippen molar-refractivity contribution < 1.29 is 37.8 Å². The first kappa shape index (κ1) is 28.9. The van der Waals surface area contributed by atoms with E-state index in [1.54, 1.807) is 52.3 Å². The second-order valence-corrected chi connectivity index (χ2v) is 12.3. The number of oxazole rings is 2. The van der Waals surface area contributed by atoms with Gasteiger partial charge in [-0.05, 0) is 41.5 Å². The van der Waals surface area contributed by atoms with Crippen LogP contribution in [0.5, 0.6) is 0 Å². The van der Waals surface area contributed by atoms with Crippen molar-refractivity contribution in [3.8, 4) is 33.9 Å². The lowest BCUT2D eigenvalue weighted by Crippen LogP contribution is -2.47. The van der Waals surface area contributed by atoms with Crippen molar-refractivity contribution in [2.45, 2.75) is 65.2 Å². The van der Waals surface area contributed by atoms with E-state index in [0.29, 0.717) is 27.1 Å². The molecule has 0 saturated heterocycles. The fourth-order valence-electron chi connectivity index (χ4n) is 3.16. The Morgan fingerprint density at radius 2 is 1.50 bits per heavy atom. The Bertz CT molecular complexity index is 1520. The number of amides is 1. The van der Waals surface area contributed by atoms with E-state index in [-0.39, 0.29) is 23.9 Å². The molecule has 4 aromatic heterocycles. The molecule has 0 aliphatic heterocycles. The largest absolute Gasteiger partial charge is 0.476 e. The third-order valence-corrected chi connectivity index (χ3v) is 6.44. The molecule has 212 valence electrons. The van der Waals surface area contributed by atoms with E-state index in [1.807, 2.05) is 0 Å². The van der Waals surface area contributed by atoms with Gasteiger partial charge in [0.2, 0.25) is 11.8 Å². The summed E-state index contributed by atoms with van der Waals surface area (Å²) in [5, 5.41) is 16.0. The Hall–Kier alpha value is -4.11. The van der Waals surface area contributed by atoms with Gasteiger partial charge in [0.15, 0.2) is 5.69 Å². The van der Waals surface area contributed by atoms with Gasteiger partial charge in [0.1, 0.15) is 51.9 Å². The number of carboxylic acid groups (broad SMARTS) is 1. The summed E-state index contributed by atoms with van der Waals surface area (Å²) in [6.07, 6.45) is 1.78. The number of carboxylic acids is 1. The molecule has 0 unspecified atom stereocenters. The Morgan fingerprint density at radius 1 is 0.875 bits per heavy atom. The van der Waals surface area contributed by atoms with Crippen LogP contribution in [0.15, 0.2) is 32.1 Å². The van der Waals surface area contributed by atoms with Gasteiger partial charge in [0, 0.05) is 17.2 Å². The molecule has 0 saturated carbocycles. The first-order valence-electron chi connectivity index (χ1n) is 11.9. The van der Waals surface area contributed by atoms with Crippen LogP contribution in [0, 0.1) is 0 Å². The summed E-state index contributed by atoms with van der Waals surface area (Å²) in [4.78, 5) is 53.6. The molecule has 40 heavy (non-hydrogen) atoms. The fraction of sp³-hybridized carbons (Fsp3) is 0.400. The average Bonchev–Trinajstić information content (AvgIpc) is 3.62. The van der Waals surface area contributed by atoms with Crippen LogP contribution in [0.25, 0.3) is 33.9 Å². The van der Waals surface area contributed by atoms with Crippen molar-refractivity contribution in [1.29, 1.82) is 0 Å². The van der Waals surface area contributed by atoms with E-state index in [0.717, 1.165) is 6.26 Å². The predicted molar refractivity (Wildman–Crippen MR) is 144 cm³/mol. The number of aromatic nitrogens is 4. The average molecular weight is 590 g/mol. The number of aromatic carboxylic acids is 1. The van der Waals surface area contributed by atoms with Gasteiger partial charge in [-0.1, -0.05) is 0 Å². The molecule has 15 heteroatoms. The molecule has 1 atom stereocenters. The van der Waals surface area contributed by atoms with Crippen LogP contribution in [0.3, 0.4) is 0 Å². The summed E-state index contributed by atoms with van der Waals surface area (Å²) >= 11 is 2.52. The van der Waals surface area contributed by atoms with Crippen LogP contribution in [0.1, 0.15) is 57.0 Å². The number of alkyl carbamates (subject to hydrolysis) is 1. The second kappa shape index (κ2) is 11.2. The highest BCUT2D eigenvalue weighted by atomic mass is 32.1. The summed E-state index contributed by atoms with van der Waals surface area (Å²) in [7, 11) is 0. The number of thiazole rings is 2. The van der Waals surface area contributed by atoms with Gasteiger partial charge in [-0.15, -0.1) is 22.7 Å². The zero-order chi connectivity index (χ0) is 29.2. The van der Waals surface area contributed by atoms with Crippen LogP contribution in [-0.2, 0) is 20.7 Å². The van der Waals surface area contributed by atoms with Gasteiger partial charge >= 0.3 is 18.0 Å². The SMILES string of the molecule is CC(C)(C)OC(=O)N[C@@H](Cc1nc(-c2nc(-c3nc(-c4nc(C(=O)O)co4)cs3)co2)cs1)C(=O)OC(C)(C)C. The Kier molecular flexibility index (Phi) is 8.07. The molecule has 0 radical (unpaired) electrons. The topological polar surface area (TPSA) is 180 Å². The first-order chi connectivity index (χ1) is 18.7. The van der Waals surface area contributed by atoms with Crippen molar-refractivity contribution in [3.05, 3.63) is 34.0 Å². The Balaban J connectivity index is 1.48. The number of nitrogens with zero attached hydrogens (tertiary/aromatic N) is 4. The number of esters is 1. The molecule has 0 aromatic carbocycles. The number of rotatable bonds is 8. The molecule has 1 amide bonds. The zero-order valence-electron chi connectivity index (χ0n) is 22.5. The van der Waals surface area contributed by atoms with Gasteiger partial charge in [0.25, 0.3) is 0 Å². The minimum Gasteiger partial charge on any atom is -0.476 e. The normalized spacial score (nSPS) is 12.7. The number of ether oxygens (including phenoxy) is 2. The Morgan fingerprint density at radius 3 is 2.15 bits per heavy atom. The van der Waals surface area contributed by atoms with E-state index in [4.69, 9.17) is 23.4 Å². The highest BCUT2D eigenvalue weighted by Gasteiger charge is 2.30. The number of nitrogens with one attached hydrogen (secondary N) is 1. The van der Waals surface area contributed by atoms with Crippen LogP contribution >= 0.6 is 22.7 Å². The van der Waals surface area contributed by atoms with Crippen molar-refractivity contribution in [1.82, 2.24) is 25.3 Å². The van der Waals surface area contributed by atoms with Crippen LogP contribution in [-0.4, -0.2) is 60.3 Å². The van der Waals surface area contributed by atoms with Gasteiger partial charge in [0.05, 0.1) is 5.01 Å². The van der Waals surface area contributed by atoms with E-state index in [1.165, 1.54) is 28.9 Å². The minimum atomic E-state index is -1.20. The lowest BCUT2D eigenvalue weighted by Gasteiger charge is -2.25. The highest BCUT2D eigenvalue weighted by molar-refractivity contribution is 7.13. The molecule has 0 aliphatic carbocycles. The molecule has 0 aliphatic rings. The van der Waals surface area contributed by atoms with E-state index in [2.05, 4.69) is 25.3 Å². The summed E-state index contributed by atoms with van der Waals surface area (Å²) < 4.78 is 21.6. The third-order valence-electron chi connectivity index (χ3n) is 4.70. The van der Waals surface area contributed by atoms with Crippen molar-refractivity contribution in [2.75, 3.05) is 0 Å². The standard InChI is InChI=1S/C25H27N5O8S2/c1-24(2,3)37-22(33)12(30-23(34)38-25(4,5)6)7-17-26-15(10-39-17)18-27-13(8-35-18)20-29-16(11-40-20)19-28-14(9-36-19)21(31)32/h8-12H,7H2,1-6H3,(H,30,34)(H,31,32)/t12-/m0/s1. The van der Waals surface area contributed by atoms with Gasteiger partial charge in [-0.25, -0.2) is 34.3 Å². The number of hydrogen-bond donors (Lipinski definition) is 2. The number of carbonyl (C=O) groups is 3. The van der Waals surface area contributed by atoms with Gasteiger partial charge in [-0.2, -0.15) is 0 Å². The molecule has 13 nitrogen and oxygen atoms in total. The van der Waals surface area contributed by atoms with Crippen LogP contribution < -0.4 is 5.32 Å². The summed E-state index contributed by atoms with van der Waals surface area (Å²) in [5.41, 5.74) is -0.491. The smallest absolute Gasteiger partial charge is 0.408 e. The molecule has 4 heterocycles. The first-order valence-corrected chi connectivity index (χ1v) is 13.7. The molecule has 0 fully saturated rings. The maximum Gasteiger partial charge on any atom is 0.408 e. The van der Waals surface area contributed by atoms with E-state index >= 15 is 0 Å². The zero-order valence-corrected chi connectivity index (χ0v) is 24.1. The predicted octanol–water partition coefficient (Wildman–Crippen LogP) is 5.05. The maximum absolute atomic E-state index is 12.8. The lowest BCUT2D eigenvalue weighted by atomic mass is 10.1. The second-order valence-electron chi connectivity index (χ2n) is 10.5. The monoisotopic (exact) mass is 589 g/mol. The van der Waals surface area contributed by atoms with Gasteiger partial charge < -0.3 is 28.7 Å². The molecular formula is C25H27N5O8S2. The quantitative estimate of drug-likeness (QED) is 0.261. The van der Waals surface area contributed by atoms with E-state index < -0.39 is 35.3 Å². The lowest BCUT2D eigenvalue weighted by molar-refractivity contribution is -0.157. The van der Waals surface area contributed by atoms with E-state index in [9.17, 15) is 14.4 Å². The summed E-state index contributed by atoms with van der Waals surface area (Å²) in [5.74, 6) is -1.51. The van der Waals surface area contributed by atoms with Gasteiger partial charge in [-0.3, -0.25) is 0 Å². The Labute approximate surface area is 236 Å². The maximum atomic E-state index is 12.8. The van der Waals surface area contributed by atoms with Crippen molar-refractivity contribution >= 4 is 40.7 Å². The van der Waals surface area contributed by atoms with Crippen LogP contribution in [0.2, 0.25) is 0 Å².